The summed E-state index contributed by atoms with van der Waals surface area (Å²) in [6.07, 6.45) is 0. The van der Waals surface area contributed by atoms with E-state index in [-0.39, 0.29) is 33.0 Å². The fourth-order valence-corrected chi connectivity index (χ4v) is 2.32. The Morgan fingerprint density at radius 2 is 1.48 bits per heavy atom. The third kappa shape index (κ3) is 3.17. The molecule has 2 aromatic carbocycles. The van der Waals surface area contributed by atoms with E-state index in [0.29, 0.717) is 0 Å². The number of carbonyl (C=O) groups excluding carboxylic acids is 1. The van der Waals surface area contributed by atoms with Crippen molar-refractivity contribution in [2.75, 3.05) is 7.11 Å². The van der Waals surface area contributed by atoms with E-state index in [1.165, 1.54) is 31.4 Å². The van der Waals surface area contributed by atoms with Crippen LogP contribution in [0.15, 0.2) is 36.4 Å². The van der Waals surface area contributed by atoms with Crippen molar-refractivity contribution in [1.82, 2.24) is 0 Å². The van der Waals surface area contributed by atoms with Crippen LogP contribution in [0.5, 0.6) is 5.75 Å². The molecular weight excluding hydrogens is 324 g/mol. The zero-order valence-electron chi connectivity index (χ0n) is 11.9. The molecule has 7 heteroatoms. The van der Waals surface area contributed by atoms with Crippen LogP contribution < -0.4 is 4.74 Å². The number of carboxylic acids is 2. The minimum Gasteiger partial charge on any atom is -0.496 e. The smallest absolute Gasteiger partial charge is 0.337 e. The largest absolute Gasteiger partial charge is 0.496 e. The van der Waals surface area contributed by atoms with Crippen molar-refractivity contribution in [3.63, 3.8) is 0 Å². The van der Waals surface area contributed by atoms with E-state index >= 15 is 0 Å². The summed E-state index contributed by atoms with van der Waals surface area (Å²) in [4.78, 5) is 35.0. The van der Waals surface area contributed by atoms with Gasteiger partial charge in [0.15, 0.2) is 5.78 Å². The molecule has 0 unspecified atom stereocenters. The molecule has 2 aromatic rings. The Hall–Kier alpha value is -2.86. The van der Waals surface area contributed by atoms with Gasteiger partial charge in [-0.15, -0.1) is 0 Å². The summed E-state index contributed by atoms with van der Waals surface area (Å²) < 4.78 is 5.04. The van der Waals surface area contributed by atoms with Gasteiger partial charge in [0, 0.05) is 5.56 Å². The fourth-order valence-electron chi connectivity index (χ4n) is 2.08. The molecule has 0 spiro atoms. The topological polar surface area (TPSA) is 101 Å². The van der Waals surface area contributed by atoms with Crippen LogP contribution in [-0.2, 0) is 0 Å². The lowest BCUT2D eigenvalue weighted by molar-refractivity contribution is 0.0685. The number of benzene rings is 2. The van der Waals surface area contributed by atoms with Gasteiger partial charge in [-0.05, 0) is 18.2 Å². The molecule has 0 amide bonds. The maximum atomic E-state index is 12.6. The Morgan fingerprint density at radius 3 is 2.00 bits per heavy atom. The van der Waals surface area contributed by atoms with Crippen molar-refractivity contribution < 1.29 is 29.3 Å². The third-order valence-corrected chi connectivity index (χ3v) is 3.48. The first-order valence-corrected chi connectivity index (χ1v) is 6.72. The highest BCUT2D eigenvalue weighted by Crippen LogP contribution is 2.29. The molecule has 0 aromatic heterocycles. The van der Waals surface area contributed by atoms with Crippen LogP contribution >= 0.6 is 11.6 Å². The Bertz CT molecular complexity index is 812. The molecule has 0 bridgehead atoms. The molecule has 0 fully saturated rings. The van der Waals surface area contributed by atoms with E-state index < -0.39 is 17.7 Å². The first-order valence-electron chi connectivity index (χ1n) is 6.34. The maximum absolute atomic E-state index is 12.6. The third-order valence-electron chi connectivity index (χ3n) is 3.17. The van der Waals surface area contributed by atoms with E-state index in [1.807, 2.05) is 0 Å². The number of methoxy groups -OCH3 is 1. The lowest BCUT2D eigenvalue weighted by Gasteiger charge is -2.11. The highest BCUT2D eigenvalue weighted by atomic mass is 35.5. The number of hydrogen-bond donors (Lipinski definition) is 2. The summed E-state index contributed by atoms with van der Waals surface area (Å²) in [7, 11) is 1.27. The van der Waals surface area contributed by atoms with Gasteiger partial charge < -0.3 is 14.9 Å². The van der Waals surface area contributed by atoms with Crippen molar-refractivity contribution in [2.24, 2.45) is 0 Å². The lowest BCUT2D eigenvalue weighted by Crippen LogP contribution is -2.11. The van der Waals surface area contributed by atoms with E-state index in [0.717, 1.165) is 12.1 Å². The molecule has 0 atom stereocenters. The van der Waals surface area contributed by atoms with E-state index in [2.05, 4.69) is 0 Å². The number of hydrogen-bond acceptors (Lipinski definition) is 4. The average Bonchev–Trinajstić information content (AvgIpc) is 2.53. The zero-order valence-corrected chi connectivity index (χ0v) is 12.6. The molecule has 0 aliphatic rings. The maximum Gasteiger partial charge on any atom is 0.337 e. The predicted octanol–water partition coefficient (Wildman–Crippen LogP) is 2.98. The van der Waals surface area contributed by atoms with Crippen LogP contribution in [0.1, 0.15) is 36.6 Å². The molecular formula is C16H11ClO6. The molecule has 118 valence electrons. The Kier molecular flexibility index (Phi) is 4.66. The second-order valence-corrected chi connectivity index (χ2v) is 4.92. The van der Waals surface area contributed by atoms with Gasteiger partial charge in [-0.2, -0.15) is 0 Å². The van der Waals surface area contributed by atoms with Crippen LogP contribution in [0.25, 0.3) is 0 Å². The normalized spacial score (nSPS) is 10.2. The second kappa shape index (κ2) is 6.50. The SMILES string of the molecule is COc1cc(C(=O)O)c(Cl)cc1C(=O)c1ccccc1C(=O)O. The number of carboxylic acid groups (broad SMARTS) is 2. The molecule has 2 rings (SSSR count). The summed E-state index contributed by atoms with van der Waals surface area (Å²) in [5, 5.41) is 18.1. The summed E-state index contributed by atoms with van der Waals surface area (Å²) in [5.41, 5.74) is -0.446. The van der Waals surface area contributed by atoms with Crippen molar-refractivity contribution in [1.29, 1.82) is 0 Å². The first kappa shape index (κ1) is 16.5. The van der Waals surface area contributed by atoms with Gasteiger partial charge in [0.2, 0.25) is 0 Å². The van der Waals surface area contributed by atoms with Crippen molar-refractivity contribution in [2.45, 2.75) is 0 Å². The van der Waals surface area contributed by atoms with E-state index in [1.54, 1.807) is 0 Å². The molecule has 0 aliphatic heterocycles. The van der Waals surface area contributed by atoms with Gasteiger partial charge in [-0.1, -0.05) is 29.8 Å². The Balaban J connectivity index is 2.63. The van der Waals surface area contributed by atoms with Crippen LogP contribution in [0.3, 0.4) is 0 Å². The summed E-state index contributed by atoms with van der Waals surface area (Å²) in [5.74, 6) is -3.14. The van der Waals surface area contributed by atoms with Crippen molar-refractivity contribution in [3.8, 4) is 5.75 Å². The zero-order chi connectivity index (χ0) is 17.1. The number of rotatable bonds is 5. The van der Waals surface area contributed by atoms with Crippen LogP contribution in [0.4, 0.5) is 0 Å². The first-order chi connectivity index (χ1) is 10.9. The number of carbonyl (C=O) groups is 3. The monoisotopic (exact) mass is 334 g/mol. The van der Waals surface area contributed by atoms with Gasteiger partial charge in [0.1, 0.15) is 5.75 Å². The van der Waals surface area contributed by atoms with Gasteiger partial charge in [-0.25, -0.2) is 9.59 Å². The highest BCUT2D eigenvalue weighted by Gasteiger charge is 2.23. The molecule has 23 heavy (non-hydrogen) atoms. The standard InChI is InChI=1S/C16H11ClO6/c1-23-13-7-10(16(21)22)12(17)6-11(13)14(18)8-4-2-3-5-9(8)15(19)20/h2-7H,1H3,(H,19,20)(H,21,22). The molecule has 0 aliphatic carbocycles. The van der Waals surface area contributed by atoms with Gasteiger partial charge in [-0.3, -0.25) is 4.79 Å². The molecule has 0 saturated heterocycles. The molecule has 0 radical (unpaired) electrons. The Morgan fingerprint density at radius 1 is 0.913 bits per heavy atom. The average molecular weight is 335 g/mol. The number of ether oxygens (including phenoxy) is 1. The predicted molar refractivity (Wildman–Crippen MR) is 81.8 cm³/mol. The lowest BCUT2D eigenvalue weighted by atomic mass is 9.96. The molecule has 0 saturated carbocycles. The number of aromatic carboxylic acids is 2. The molecule has 2 N–H and O–H groups in total. The number of halogens is 1. The van der Waals surface area contributed by atoms with Gasteiger partial charge >= 0.3 is 11.9 Å². The van der Waals surface area contributed by atoms with Crippen LogP contribution in [0.2, 0.25) is 5.02 Å². The van der Waals surface area contributed by atoms with Gasteiger partial charge in [0.25, 0.3) is 0 Å². The van der Waals surface area contributed by atoms with Crippen LogP contribution in [0, 0.1) is 0 Å². The minimum absolute atomic E-state index is 0.00279. The summed E-state index contributed by atoms with van der Waals surface area (Å²) >= 11 is 5.88. The van der Waals surface area contributed by atoms with Gasteiger partial charge in [0.05, 0.1) is 28.8 Å². The van der Waals surface area contributed by atoms with E-state index in [4.69, 9.17) is 21.4 Å². The summed E-state index contributed by atoms with van der Waals surface area (Å²) in [6, 6.07) is 7.98. The van der Waals surface area contributed by atoms with Crippen molar-refractivity contribution >= 4 is 29.3 Å². The minimum atomic E-state index is -1.27. The van der Waals surface area contributed by atoms with Crippen LogP contribution in [-0.4, -0.2) is 35.0 Å². The fraction of sp³-hybridized carbons (Fsp3) is 0.0625. The highest BCUT2D eigenvalue weighted by molar-refractivity contribution is 6.34. The molecule has 6 nitrogen and oxygen atoms in total. The van der Waals surface area contributed by atoms with Crippen molar-refractivity contribution in [3.05, 3.63) is 63.7 Å². The molecule has 0 heterocycles. The Labute approximate surface area is 135 Å². The number of ketones is 1. The summed E-state index contributed by atoms with van der Waals surface area (Å²) in [6.45, 7) is 0. The van der Waals surface area contributed by atoms with E-state index in [9.17, 15) is 19.5 Å². The second-order valence-electron chi connectivity index (χ2n) is 4.52. The quantitative estimate of drug-likeness (QED) is 0.815.